The number of nitrogens with zero attached hydrogens (tertiary/aromatic N) is 2. The Labute approximate surface area is 150 Å². The lowest BCUT2D eigenvalue weighted by atomic mass is 10.0. The maximum Gasteiger partial charge on any atom is 0.247 e. The molecule has 0 saturated carbocycles. The van der Waals surface area contributed by atoms with Crippen molar-refractivity contribution in [2.45, 2.75) is 65.1 Å². The fraction of sp³-hybridized carbons (Fsp3) is 0.550. The smallest absolute Gasteiger partial charge is 0.247 e. The molecule has 1 aromatic rings. The molecule has 0 aliphatic carbocycles. The second-order valence-corrected chi connectivity index (χ2v) is 7.40. The van der Waals surface area contributed by atoms with E-state index in [1.54, 1.807) is 9.96 Å². The van der Waals surface area contributed by atoms with E-state index in [2.05, 4.69) is 6.92 Å². The van der Waals surface area contributed by atoms with Crippen LogP contribution in [0.1, 0.15) is 52.5 Å². The molecule has 1 aliphatic heterocycles. The molecule has 2 rings (SSSR count). The van der Waals surface area contributed by atoms with Gasteiger partial charge in [0.15, 0.2) is 0 Å². The average Bonchev–Trinajstić information content (AvgIpc) is 2.56. The fourth-order valence-corrected chi connectivity index (χ4v) is 2.92. The minimum Gasteiger partial charge on any atom is -0.299 e. The van der Waals surface area contributed by atoms with Gasteiger partial charge in [-0.2, -0.15) is 5.06 Å². The molecular formula is C20H28N2O3. The number of carbonyl (C=O) groups is 1. The zero-order valence-electron chi connectivity index (χ0n) is 15.6. The van der Waals surface area contributed by atoms with Crippen molar-refractivity contribution in [3.63, 3.8) is 0 Å². The highest BCUT2D eigenvalue weighted by Crippen LogP contribution is 2.26. The molecule has 1 amide bonds. The SMILES string of the molecule is CCCC[C@H]1C(=O)N(Cc2ccccc2)C(=C=O)CN1OC(C)(C)C. The predicted molar refractivity (Wildman–Crippen MR) is 97.1 cm³/mol. The third-order valence-corrected chi connectivity index (χ3v) is 4.05. The number of carbonyl (C=O) groups excluding carboxylic acids is 2. The summed E-state index contributed by atoms with van der Waals surface area (Å²) in [5, 5.41) is 1.67. The summed E-state index contributed by atoms with van der Waals surface area (Å²) < 4.78 is 0. The molecule has 0 unspecified atom stereocenters. The molecule has 0 radical (unpaired) electrons. The van der Waals surface area contributed by atoms with Gasteiger partial charge in [-0.1, -0.05) is 50.1 Å². The average molecular weight is 344 g/mol. The summed E-state index contributed by atoms with van der Waals surface area (Å²) >= 11 is 0. The number of amides is 1. The van der Waals surface area contributed by atoms with Gasteiger partial charge < -0.3 is 0 Å². The molecule has 1 atom stereocenters. The molecule has 1 aromatic carbocycles. The van der Waals surface area contributed by atoms with Gasteiger partial charge in [0.2, 0.25) is 5.91 Å². The van der Waals surface area contributed by atoms with Crippen LogP contribution in [0.25, 0.3) is 0 Å². The van der Waals surface area contributed by atoms with Crippen LogP contribution in [-0.4, -0.2) is 40.0 Å². The van der Waals surface area contributed by atoms with E-state index in [0.29, 0.717) is 18.7 Å². The van der Waals surface area contributed by atoms with Gasteiger partial charge in [-0.3, -0.25) is 14.5 Å². The third-order valence-electron chi connectivity index (χ3n) is 4.05. The third kappa shape index (κ3) is 5.27. The number of hydrogen-bond acceptors (Lipinski definition) is 4. The van der Waals surface area contributed by atoms with Crippen LogP contribution in [0.4, 0.5) is 0 Å². The summed E-state index contributed by atoms with van der Waals surface area (Å²) in [6.45, 7) is 8.57. The molecule has 0 spiro atoms. The molecule has 0 bridgehead atoms. The van der Waals surface area contributed by atoms with E-state index >= 15 is 0 Å². The van der Waals surface area contributed by atoms with Gasteiger partial charge in [-0.15, -0.1) is 0 Å². The van der Waals surface area contributed by atoms with E-state index < -0.39 is 5.60 Å². The Kier molecular flexibility index (Phi) is 6.54. The topological polar surface area (TPSA) is 49.9 Å². The fourth-order valence-electron chi connectivity index (χ4n) is 2.92. The van der Waals surface area contributed by atoms with Crippen LogP contribution >= 0.6 is 0 Å². The van der Waals surface area contributed by atoms with Crippen LogP contribution in [-0.2, 0) is 21.0 Å². The van der Waals surface area contributed by atoms with E-state index in [-0.39, 0.29) is 18.5 Å². The number of rotatable bonds is 6. The van der Waals surface area contributed by atoms with Crippen LogP contribution in [0, 0.1) is 0 Å². The summed E-state index contributed by atoms with van der Waals surface area (Å²) in [5.74, 6) is 1.86. The van der Waals surface area contributed by atoms with Crippen LogP contribution in [0.3, 0.4) is 0 Å². The van der Waals surface area contributed by atoms with Gasteiger partial charge in [-0.25, -0.2) is 4.79 Å². The second kappa shape index (κ2) is 8.43. The number of piperazine rings is 1. The van der Waals surface area contributed by atoms with Crippen molar-refractivity contribution in [1.29, 1.82) is 0 Å². The highest BCUT2D eigenvalue weighted by Gasteiger charge is 2.40. The first-order valence-electron chi connectivity index (χ1n) is 8.90. The van der Waals surface area contributed by atoms with Gasteiger partial charge in [-0.05, 0) is 32.8 Å². The zero-order valence-corrected chi connectivity index (χ0v) is 15.6. The maximum atomic E-state index is 13.1. The van der Waals surface area contributed by atoms with E-state index in [9.17, 15) is 9.59 Å². The summed E-state index contributed by atoms with van der Waals surface area (Å²) in [6.07, 6.45) is 2.64. The maximum absolute atomic E-state index is 13.1. The standard InChI is InChI=1S/C20H28N2O3/c1-5-6-12-18-19(24)21(13-16-10-8-7-9-11-16)17(15-23)14-22(18)25-20(2,3)4/h7-11,18H,5-6,12-14H2,1-4H3/t18-/m0/s1. The molecule has 1 aliphatic rings. The van der Waals surface area contributed by atoms with Gasteiger partial charge in [0.25, 0.3) is 0 Å². The molecule has 1 fully saturated rings. The van der Waals surface area contributed by atoms with Gasteiger partial charge in [0.05, 0.1) is 18.7 Å². The Bertz CT molecular complexity index is 630. The first-order valence-corrected chi connectivity index (χ1v) is 8.90. The Hall–Kier alpha value is -1.94. The number of unbranched alkanes of at least 4 members (excludes halogenated alkanes) is 1. The van der Waals surface area contributed by atoms with Crippen molar-refractivity contribution >= 4 is 11.8 Å². The molecule has 1 heterocycles. The zero-order chi connectivity index (χ0) is 18.4. The lowest BCUT2D eigenvalue weighted by Crippen LogP contribution is -2.57. The highest BCUT2D eigenvalue weighted by molar-refractivity contribution is 5.86. The van der Waals surface area contributed by atoms with E-state index in [4.69, 9.17) is 4.84 Å². The summed E-state index contributed by atoms with van der Waals surface area (Å²) in [7, 11) is 0. The minimum atomic E-state index is -0.430. The largest absolute Gasteiger partial charge is 0.299 e. The minimum absolute atomic E-state index is 0.0915. The van der Waals surface area contributed by atoms with Crippen LogP contribution in [0.5, 0.6) is 0 Å². The van der Waals surface area contributed by atoms with Crippen molar-refractivity contribution in [2.24, 2.45) is 0 Å². The van der Waals surface area contributed by atoms with Gasteiger partial charge in [0, 0.05) is 0 Å². The first-order chi connectivity index (χ1) is 11.9. The lowest BCUT2D eigenvalue weighted by Gasteiger charge is -2.42. The van der Waals surface area contributed by atoms with Crippen molar-refractivity contribution < 1.29 is 14.4 Å². The first kappa shape index (κ1) is 19.4. The molecular weight excluding hydrogens is 316 g/mol. The van der Waals surface area contributed by atoms with Crippen molar-refractivity contribution in [2.75, 3.05) is 6.54 Å². The van der Waals surface area contributed by atoms with Crippen molar-refractivity contribution in [1.82, 2.24) is 9.96 Å². The van der Waals surface area contributed by atoms with Gasteiger partial charge in [0.1, 0.15) is 17.7 Å². The molecule has 5 nitrogen and oxygen atoms in total. The van der Waals surface area contributed by atoms with Crippen molar-refractivity contribution in [3.8, 4) is 0 Å². The monoisotopic (exact) mass is 344 g/mol. The number of hydroxylamine groups is 2. The van der Waals surface area contributed by atoms with E-state index in [1.807, 2.05) is 57.0 Å². The highest BCUT2D eigenvalue weighted by atomic mass is 16.7. The van der Waals surface area contributed by atoms with Gasteiger partial charge >= 0.3 is 0 Å². The van der Waals surface area contributed by atoms with Crippen LogP contribution in [0.15, 0.2) is 36.0 Å². The molecule has 136 valence electrons. The lowest BCUT2D eigenvalue weighted by molar-refractivity contribution is -0.253. The molecule has 0 N–H and O–H groups in total. The summed E-state index contributed by atoms with van der Waals surface area (Å²) in [4.78, 5) is 32.1. The number of hydrogen-bond donors (Lipinski definition) is 0. The Balaban J connectivity index is 2.26. The molecule has 25 heavy (non-hydrogen) atoms. The summed E-state index contributed by atoms with van der Waals surface area (Å²) in [5.41, 5.74) is 0.884. The van der Waals surface area contributed by atoms with Crippen LogP contribution < -0.4 is 0 Å². The molecule has 5 heteroatoms. The predicted octanol–water partition coefficient (Wildman–Crippen LogP) is 3.34. The second-order valence-electron chi connectivity index (χ2n) is 7.40. The summed E-state index contributed by atoms with van der Waals surface area (Å²) in [6, 6.07) is 9.32. The molecule has 0 aromatic heterocycles. The van der Waals surface area contributed by atoms with E-state index in [0.717, 1.165) is 18.4 Å². The van der Waals surface area contributed by atoms with E-state index in [1.165, 1.54) is 0 Å². The number of benzene rings is 1. The Morgan fingerprint density at radius 1 is 1.24 bits per heavy atom. The molecule has 1 saturated heterocycles. The normalized spacial score (nSPS) is 19.2. The van der Waals surface area contributed by atoms with Crippen LogP contribution in [0.2, 0.25) is 0 Å². The quantitative estimate of drug-likeness (QED) is 0.743. The Morgan fingerprint density at radius 3 is 2.48 bits per heavy atom. The Morgan fingerprint density at radius 2 is 1.92 bits per heavy atom. The van der Waals surface area contributed by atoms with Crippen molar-refractivity contribution in [3.05, 3.63) is 41.6 Å².